The van der Waals surface area contributed by atoms with E-state index in [-0.39, 0.29) is 11.5 Å². The Morgan fingerprint density at radius 1 is 1.27 bits per heavy atom. The summed E-state index contributed by atoms with van der Waals surface area (Å²) in [5.74, 6) is 1.23. The number of rotatable bonds is 7. The number of hydrogen-bond donors (Lipinski definition) is 2. The van der Waals surface area contributed by atoms with Crippen LogP contribution in [0.1, 0.15) is 19.3 Å². The summed E-state index contributed by atoms with van der Waals surface area (Å²) in [5, 5.41) is 12.3. The minimum atomic E-state index is -0.733. The van der Waals surface area contributed by atoms with Gasteiger partial charge in [0.15, 0.2) is 11.5 Å². The summed E-state index contributed by atoms with van der Waals surface area (Å²) in [6.45, 7) is 4.14. The van der Waals surface area contributed by atoms with Gasteiger partial charge < -0.3 is 24.6 Å². The molecule has 144 valence electrons. The fourth-order valence-corrected chi connectivity index (χ4v) is 3.96. The van der Waals surface area contributed by atoms with E-state index in [9.17, 15) is 9.90 Å². The predicted molar refractivity (Wildman–Crippen MR) is 97.2 cm³/mol. The summed E-state index contributed by atoms with van der Waals surface area (Å²) in [4.78, 5) is 13.5. The molecule has 7 nitrogen and oxygen atoms in total. The van der Waals surface area contributed by atoms with E-state index < -0.39 is 5.97 Å². The number of likely N-dealkylation sites (tertiary alicyclic amines) is 1. The van der Waals surface area contributed by atoms with E-state index in [1.165, 1.54) is 0 Å². The molecule has 1 atom stereocenters. The zero-order valence-electron chi connectivity index (χ0n) is 15.5. The number of nitrogens with one attached hydrogen (secondary N) is 1. The monoisotopic (exact) mass is 364 g/mol. The van der Waals surface area contributed by atoms with Gasteiger partial charge in [-0.15, -0.1) is 0 Å². The third kappa shape index (κ3) is 4.04. The first kappa shape index (κ1) is 18.8. The summed E-state index contributed by atoms with van der Waals surface area (Å²) in [6, 6.07) is 5.19. The Bertz CT molecular complexity index is 606. The highest BCUT2D eigenvalue weighted by Gasteiger charge is 2.43. The highest BCUT2D eigenvalue weighted by atomic mass is 16.5. The summed E-state index contributed by atoms with van der Waals surface area (Å²) < 4.78 is 16.6. The number of methoxy groups -OCH3 is 2. The molecule has 0 aliphatic carbocycles. The molecule has 0 radical (unpaired) electrons. The lowest BCUT2D eigenvalue weighted by Crippen LogP contribution is -2.42. The van der Waals surface area contributed by atoms with Crippen molar-refractivity contribution in [3.05, 3.63) is 18.2 Å². The van der Waals surface area contributed by atoms with Gasteiger partial charge in [-0.3, -0.25) is 9.69 Å². The van der Waals surface area contributed by atoms with Crippen molar-refractivity contribution in [3.63, 3.8) is 0 Å². The maximum atomic E-state index is 11.2. The minimum Gasteiger partial charge on any atom is -0.493 e. The average molecular weight is 364 g/mol. The molecular formula is C19H28N2O5. The Hall–Kier alpha value is -1.99. The lowest BCUT2D eigenvalue weighted by Gasteiger charge is -2.38. The molecule has 7 heteroatoms. The van der Waals surface area contributed by atoms with Crippen LogP contribution in [0.5, 0.6) is 17.2 Å². The smallest absolute Gasteiger partial charge is 0.320 e. The first-order valence-electron chi connectivity index (χ1n) is 9.09. The quantitative estimate of drug-likeness (QED) is 0.761. The van der Waals surface area contributed by atoms with Gasteiger partial charge in [0.25, 0.3) is 0 Å². The number of carboxylic acid groups (broad SMARTS) is 1. The molecule has 2 N–H and O–H groups in total. The number of hydrogen-bond acceptors (Lipinski definition) is 6. The fourth-order valence-electron chi connectivity index (χ4n) is 3.96. The van der Waals surface area contributed by atoms with Crippen LogP contribution in [0.25, 0.3) is 0 Å². The molecule has 2 saturated heterocycles. The van der Waals surface area contributed by atoms with Gasteiger partial charge in [0.2, 0.25) is 5.75 Å². The van der Waals surface area contributed by atoms with Crippen LogP contribution in [-0.2, 0) is 4.79 Å². The molecular weight excluding hydrogens is 336 g/mol. The van der Waals surface area contributed by atoms with E-state index in [1.807, 2.05) is 18.2 Å². The third-order valence-electron chi connectivity index (χ3n) is 5.61. The SMILES string of the molecule is COc1cccc(OC)c1OCCN1CCC2(CC1)CNC(C(=O)O)C2. The van der Waals surface area contributed by atoms with E-state index in [2.05, 4.69) is 10.2 Å². The summed E-state index contributed by atoms with van der Waals surface area (Å²) in [5.41, 5.74) is 0.145. The highest BCUT2D eigenvalue weighted by Crippen LogP contribution is 2.39. The molecule has 0 aromatic heterocycles. The maximum Gasteiger partial charge on any atom is 0.320 e. The van der Waals surface area contributed by atoms with Gasteiger partial charge in [0.1, 0.15) is 12.6 Å². The van der Waals surface area contributed by atoms with Crippen molar-refractivity contribution in [1.29, 1.82) is 0 Å². The summed E-state index contributed by atoms with van der Waals surface area (Å²) in [6.07, 6.45) is 2.80. The molecule has 3 rings (SSSR count). The number of ether oxygens (including phenoxy) is 3. The number of para-hydroxylation sites is 1. The minimum absolute atomic E-state index is 0.145. The van der Waals surface area contributed by atoms with Crippen molar-refractivity contribution < 1.29 is 24.1 Å². The predicted octanol–water partition coefficient (Wildman–Crippen LogP) is 1.61. The molecule has 0 bridgehead atoms. The Morgan fingerprint density at radius 3 is 2.46 bits per heavy atom. The molecule has 0 amide bonds. The van der Waals surface area contributed by atoms with Crippen molar-refractivity contribution in [2.45, 2.75) is 25.3 Å². The van der Waals surface area contributed by atoms with Gasteiger partial charge in [-0.2, -0.15) is 0 Å². The van der Waals surface area contributed by atoms with E-state index in [4.69, 9.17) is 14.2 Å². The second kappa shape index (κ2) is 8.14. The topological polar surface area (TPSA) is 80.3 Å². The molecule has 1 aromatic rings. The molecule has 0 saturated carbocycles. The van der Waals surface area contributed by atoms with Crippen molar-refractivity contribution >= 4 is 5.97 Å². The van der Waals surface area contributed by atoms with Gasteiger partial charge in [0, 0.05) is 13.1 Å². The normalized spacial score (nSPS) is 22.3. The average Bonchev–Trinajstić information content (AvgIpc) is 3.07. The first-order valence-corrected chi connectivity index (χ1v) is 9.09. The van der Waals surface area contributed by atoms with Gasteiger partial charge in [-0.05, 0) is 49.9 Å². The van der Waals surface area contributed by atoms with Crippen LogP contribution in [-0.4, -0.2) is 69.0 Å². The van der Waals surface area contributed by atoms with Gasteiger partial charge >= 0.3 is 5.97 Å². The standard InChI is InChI=1S/C19H28N2O5/c1-24-15-4-3-5-16(25-2)17(15)26-11-10-21-8-6-19(7-9-21)12-14(18(22)23)20-13-19/h3-5,14,20H,6-13H2,1-2H3,(H,22,23). The first-order chi connectivity index (χ1) is 12.6. The zero-order chi connectivity index (χ0) is 18.6. The van der Waals surface area contributed by atoms with Crippen molar-refractivity contribution in [2.75, 3.05) is 47.0 Å². The van der Waals surface area contributed by atoms with Crippen molar-refractivity contribution in [3.8, 4) is 17.2 Å². The maximum absolute atomic E-state index is 11.2. The van der Waals surface area contributed by atoms with Crippen LogP contribution < -0.4 is 19.5 Å². The van der Waals surface area contributed by atoms with Crippen LogP contribution in [0, 0.1) is 5.41 Å². The number of aliphatic carboxylic acids is 1. The van der Waals surface area contributed by atoms with E-state index >= 15 is 0 Å². The van der Waals surface area contributed by atoms with Gasteiger partial charge in [-0.25, -0.2) is 0 Å². The number of nitrogens with zero attached hydrogens (tertiary/aromatic N) is 1. The van der Waals surface area contributed by atoms with Crippen molar-refractivity contribution in [2.24, 2.45) is 5.41 Å². The zero-order valence-corrected chi connectivity index (χ0v) is 15.5. The summed E-state index contributed by atoms with van der Waals surface area (Å²) in [7, 11) is 3.23. The molecule has 1 unspecified atom stereocenters. The lowest BCUT2D eigenvalue weighted by molar-refractivity contribution is -0.139. The van der Waals surface area contributed by atoms with Crippen LogP contribution in [0.2, 0.25) is 0 Å². The molecule has 1 aromatic carbocycles. The highest BCUT2D eigenvalue weighted by molar-refractivity contribution is 5.74. The lowest BCUT2D eigenvalue weighted by atomic mass is 9.76. The number of carboxylic acids is 1. The number of carbonyl (C=O) groups is 1. The second-order valence-electron chi connectivity index (χ2n) is 7.16. The molecule has 2 aliphatic rings. The molecule has 2 heterocycles. The molecule has 26 heavy (non-hydrogen) atoms. The van der Waals surface area contributed by atoms with Crippen LogP contribution >= 0.6 is 0 Å². The van der Waals surface area contributed by atoms with Crippen LogP contribution in [0.15, 0.2) is 18.2 Å². The third-order valence-corrected chi connectivity index (χ3v) is 5.61. The largest absolute Gasteiger partial charge is 0.493 e. The number of piperidine rings is 1. The summed E-state index contributed by atoms with van der Waals surface area (Å²) >= 11 is 0. The van der Waals surface area contributed by atoms with Crippen molar-refractivity contribution in [1.82, 2.24) is 10.2 Å². The Kier molecular flexibility index (Phi) is 5.88. The van der Waals surface area contributed by atoms with E-state index in [0.717, 1.165) is 45.4 Å². The molecule has 2 fully saturated rings. The van der Waals surface area contributed by atoms with Gasteiger partial charge in [0.05, 0.1) is 14.2 Å². The Morgan fingerprint density at radius 2 is 1.92 bits per heavy atom. The van der Waals surface area contributed by atoms with E-state index in [1.54, 1.807) is 14.2 Å². The molecule has 2 aliphatic heterocycles. The fraction of sp³-hybridized carbons (Fsp3) is 0.632. The number of benzene rings is 1. The Balaban J connectivity index is 1.47. The Labute approximate surface area is 154 Å². The second-order valence-corrected chi connectivity index (χ2v) is 7.16. The van der Waals surface area contributed by atoms with Crippen LogP contribution in [0.3, 0.4) is 0 Å². The van der Waals surface area contributed by atoms with E-state index in [0.29, 0.717) is 23.9 Å². The molecule has 1 spiro atoms. The van der Waals surface area contributed by atoms with Gasteiger partial charge in [-0.1, -0.05) is 6.07 Å². The van der Waals surface area contributed by atoms with Crippen LogP contribution in [0.4, 0.5) is 0 Å².